The van der Waals surface area contributed by atoms with Crippen LogP contribution in [-0.2, 0) is 0 Å². The highest BCUT2D eigenvalue weighted by Gasteiger charge is 2.20. The fourth-order valence-corrected chi connectivity index (χ4v) is 3.43. The normalized spacial score (nSPS) is 11.7. The second kappa shape index (κ2) is 4.77. The molecule has 98 valence electrons. The quantitative estimate of drug-likeness (QED) is 0.315. The Morgan fingerprint density at radius 3 is 1.95 bits per heavy atom. The Balaban J connectivity index is 2.69. The SMILES string of the molecule is Clc1ccc2[nH]c3c(Cl)c(Cl)c(Cl)c(Cl)c3c2c1Cl. The number of H-pyrrole nitrogens is 1. The van der Waals surface area contributed by atoms with E-state index in [1.54, 1.807) is 12.1 Å². The van der Waals surface area contributed by atoms with Gasteiger partial charge in [-0.25, -0.2) is 0 Å². The maximum Gasteiger partial charge on any atom is 0.0849 e. The van der Waals surface area contributed by atoms with E-state index in [2.05, 4.69) is 4.98 Å². The molecule has 1 N–H and O–H groups in total. The first kappa shape index (κ1) is 13.9. The van der Waals surface area contributed by atoms with Crippen molar-refractivity contribution in [2.75, 3.05) is 0 Å². The highest BCUT2D eigenvalue weighted by Crippen LogP contribution is 2.47. The van der Waals surface area contributed by atoms with Gasteiger partial charge in [0.25, 0.3) is 0 Å². The van der Waals surface area contributed by atoms with Gasteiger partial charge < -0.3 is 4.98 Å². The maximum atomic E-state index is 6.25. The van der Waals surface area contributed by atoms with Gasteiger partial charge in [0.15, 0.2) is 0 Å². The first-order valence-corrected chi connectivity index (χ1v) is 7.31. The Kier molecular flexibility index (Phi) is 3.50. The van der Waals surface area contributed by atoms with Gasteiger partial charge in [0, 0.05) is 16.3 Å². The molecule has 0 saturated heterocycles. The number of rotatable bonds is 0. The molecule has 0 aliphatic rings. The zero-order chi connectivity index (χ0) is 13.9. The molecule has 2 aromatic carbocycles. The molecule has 0 spiro atoms. The number of hydrogen-bond acceptors (Lipinski definition) is 0. The lowest BCUT2D eigenvalue weighted by molar-refractivity contribution is 1.54. The topological polar surface area (TPSA) is 15.8 Å². The van der Waals surface area contributed by atoms with E-state index in [4.69, 9.17) is 69.6 Å². The predicted octanol–water partition coefficient (Wildman–Crippen LogP) is 7.24. The molecule has 7 heteroatoms. The van der Waals surface area contributed by atoms with Crippen molar-refractivity contribution in [3.8, 4) is 0 Å². The number of hydrogen-bond donors (Lipinski definition) is 1. The van der Waals surface area contributed by atoms with Crippen LogP contribution in [0.5, 0.6) is 0 Å². The van der Waals surface area contributed by atoms with Gasteiger partial charge in [0.05, 0.1) is 35.7 Å². The van der Waals surface area contributed by atoms with E-state index < -0.39 is 0 Å². The Morgan fingerprint density at radius 1 is 0.632 bits per heavy atom. The van der Waals surface area contributed by atoms with Gasteiger partial charge in [-0.2, -0.15) is 0 Å². The lowest BCUT2D eigenvalue weighted by Gasteiger charge is -2.05. The van der Waals surface area contributed by atoms with Crippen molar-refractivity contribution in [3.63, 3.8) is 0 Å². The standard InChI is InChI=1S/C12H3Cl6N/c13-3-1-2-4-5(7(3)14)6-8(15)9(16)10(17)11(18)12(6)19-4/h1-2,19H. The van der Waals surface area contributed by atoms with Crippen molar-refractivity contribution < 1.29 is 0 Å². The summed E-state index contributed by atoms with van der Waals surface area (Å²) in [4.78, 5) is 3.12. The van der Waals surface area contributed by atoms with Gasteiger partial charge in [-0.05, 0) is 12.1 Å². The van der Waals surface area contributed by atoms with Crippen LogP contribution in [0.3, 0.4) is 0 Å². The molecule has 0 atom stereocenters. The molecule has 3 aromatic rings. The van der Waals surface area contributed by atoms with Crippen LogP contribution in [0.1, 0.15) is 0 Å². The monoisotopic (exact) mass is 371 g/mol. The van der Waals surface area contributed by atoms with Crippen LogP contribution in [0.15, 0.2) is 12.1 Å². The average molecular weight is 374 g/mol. The van der Waals surface area contributed by atoms with E-state index in [-0.39, 0.29) is 10.0 Å². The predicted molar refractivity (Wildman–Crippen MR) is 85.9 cm³/mol. The lowest BCUT2D eigenvalue weighted by atomic mass is 10.1. The molecule has 0 radical (unpaired) electrons. The van der Waals surface area contributed by atoms with Crippen LogP contribution < -0.4 is 0 Å². The van der Waals surface area contributed by atoms with Crippen LogP contribution >= 0.6 is 69.6 Å². The summed E-state index contributed by atoms with van der Waals surface area (Å²) in [7, 11) is 0. The second-order valence-electron chi connectivity index (χ2n) is 3.91. The van der Waals surface area contributed by atoms with Gasteiger partial charge in [0.1, 0.15) is 0 Å². The molecule has 1 aromatic heterocycles. The van der Waals surface area contributed by atoms with Crippen LogP contribution in [0.25, 0.3) is 21.8 Å². The largest absolute Gasteiger partial charge is 0.353 e. The first-order chi connectivity index (χ1) is 8.93. The van der Waals surface area contributed by atoms with Gasteiger partial charge >= 0.3 is 0 Å². The fraction of sp³-hybridized carbons (Fsp3) is 0. The van der Waals surface area contributed by atoms with E-state index in [0.29, 0.717) is 36.4 Å². The van der Waals surface area contributed by atoms with Crippen LogP contribution in [0.4, 0.5) is 0 Å². The summed E-state index contributed by atoms with van der Waals surface area (Å²) >= 11 is 36.8. The summed E-state index contributed by atoms with van der Waals surface area (Å²) < 4.78 is 0. The zero-order valence-corrected chi connectivity index (χ0v) is 13.5. The summed E-state index contributed by atoms with van der Waals surface area (Å²) in [5.41, 5.74) is 1.34. The van der Waals surface area contributed by atoms with Crippen molar-refractivity contribution in [2.45, 2.75) is 0 Å². The molecule has 0 aliphatic carbocycles. The Morgan fingerprint density at radius 2 is 1.26 bits per heavy atom. The minimum Gasteiger partial charge on any atom is -0.353 e. The van der Waals surface area contributed by atoms with Crippen molar-refractivity contribution in [1.29, 1.82) is 0 Å². The molecule has 19 heavy (non-hydrogen) atoms. The highest BCUT2D eigenvalue weighted by atomic mass is 35.5. The van der Waals surface area contributed by atoms with Crippen molar-refractivity contribution in [3.05, 3.63) is 42.3 Å². The van der Waals surface area contributed by atoms with Crippen molar-refractivity contribution in [2.24, 2.45) is 0 Å². The van der Waals surface area contributed by atoms with E-state index in [0.717, 1.165) is 5.52 Å². The Hall–Kier alpha value is -0.0200. The number of benzene rings is 2. The Bertz CT molecular complexity index is 836. The smallest absolute Gasteiger partial charge is 0.0849 e. The molecule has 0 saturated carbocycles. The lowest BCUT2D eigenvalue weighted by Crippen LogP contribution is -1.79. The molecule has 1 nitrogen and oxygen atoms in total. The van der Waals surface area contributed by atoms with E-state index >= 15 is 0 Å². The Labute approximate surface area is 138 Å². The molecule has 0 fully saturated rings. The maximum absolute atomic E-state index is 6.25. The zero-order valence-electron chi connectivity index (χ0n) is 8.92. The molecule has 0 amide bonds. The van der Waals surface area contributed by atoms with Crippen molar-refractivity contribution in [1.82, 2.24) is 4.98 Å². The van der Waals surface area contributed by atoms with Gasteiger partial charge in [-0.3, -0.25) is 0 Å². The highest BCUT2D eigenvalue weighted by molar-refractivity contribution is 6.57. The van der Waals surface area contributed by atoms with Gasteiger partial charge in [-0.1, -0.05) is 69.6 Å². The number of fused-ring (bicyclic) bond motifs is 3. The minimum atomic E-state index is 0.192. The number of halogens is 6. The van der Waals surface area contributed by atoms with Gasteiger partial charge in [0.2, 0.25) is 0 Å². The summed E-state index contributed by atoms with van der Waals surface area (Å²) in [5, 5.41) is 3.09. The third-order valence-corrected chi connectivity index (χ3v) is 5.48. The van der Waals surface area contributed by atoms with E-state index in [9.17, 15) is 0 Å². The van der Waals surface area contributed by atoms with Crippen molar-refractivity contribution >= 4 is 91.4 Å². The number of aromatic nitrogens is 1. The summed E-state index contributed by atoms with van der Waals surface area (Å²) in [5.74, 6) is 0. The van der Waals surface area contributed by atoms with E-state index in [1.165, 1.54) is 0 Å². The molecule has 0 bridgehead atoms. The summed E-state index contributed by atoms with van der Waals surface area (Å²) in [6.07, 6.45) is 0. The molecule has 1 heterocycles. The van der Waals surface area contributed by atoms with Crippen LogP contribution in [0, 0.1) is 0 Å². The second-order valence-corrected chi connectivity index (χ2v) is 6.21. The minimum absolute atomic E-state index is 0.192. The summed E-state index contributed by atoms with van der Waals surface area (Å²) in [6.45, 7) is 0. The van der Waals surface area contributed by atoms with Gasteiger partial charge in [-0.15, -0.1) is 0 Å². The fourth-order valence-electron chi connectivity index (χ4n) is 2.02. The van der Waals surface area contributed by atoms with Crippen LogP contribution in [-0.4, -0.2) is 4.98 Å². The molecular formula is C12H3Cl6N. The third-order valence-electron chi connectivity index (χ3n) is 2.87. The summed E-state index contributed by atoms with van der Waals surface area (Å²) in [6, 6.07) is 3.48. The number of nitrogens with one attached hydrogen (secondary N) is 1. The molecule has 0 aliphatic heterocycles. The average Bonchev–Trinajstić information content (AvgIpc) is 2.78. The van der Waals surface area contributed by atoms with Crippen LogP contribution in [0.2, 0.25) is 30.1 Å². The first-order valence-electron chi connectivity index (χ1n) is 5.04. The number of aromatic amines is 1. The molecule has 0 unspecified atom stereocenters. The molecule has 3 rings (SSSR count). The molecular weight excluding hydrogens is 371 g/mol. The third kappa shape index (κ3) is 1.91. The van der Waals surface area contributed by atoms with E-state index in [1.807, 2.05) is 0 Å².